The van der Waals surface area contributed by atoms with Gasteiger partial charge in [0.15, 0.2) is 6.29 Å². The van der Waals surface area contributed by atoms with Gasteiger partial charge in [0.1, 0.15) is 6.10 Å². The lowest BCUT2D eigenvalue weighted by atomic mass is 10.0. The van der Waals surface area contributed by atoms with E-state index in [1.165, 1.54) is 11.1 Å². The molecule has 0 radical (unpaired) electrons. The van der Waals surface area contributed by atoms with Crippen LogP contribution in [0.15, 0.2) is 54.6 Å². The molecule has 1 fully saturated rings. The lowest BCUT2D eigenvalue weighted by Crippen LogP contribution is -2.37. The molecule has 146 valence electrons. The molecule has 4 unspecified atom stereocenters. The zero-order valence-electron chi connectivity index (χ0n) is 16.3. The Labute approximate surface area is 162 Å². The molecule has 27 heavy (non-hydrogen) atoms. The Bertz CT molecular complexity index is 672. The van der Waals surface area contributed by atoms with Crippen molar-refractivity contribution in [2.24, 2.45) is 5.73 Å². The highest BCUT2D eigenvalue weighted by Crippen LogP contribution is 2.28. The van der Waals surface area contributed by atoms with Gasteiger partial charge in [-0.25, -0.2) is 0 Å². The summed E-state index contributed by atoms with van der Waals surface area (Å²) in [5.74, 6) is 0. The van der Waals surface area contributed by atoms with Gasteiger partial charge >= 0.3 is 0 Å². The lowest BCUT2D eigenvalue weighted by Gasteiger charge is -2.33. The summed E-state index contributed by atoms with van der Waals surface area (Å²) in [6, 6.07) is 18.5. The number of nitrogens with two attached hydrogens (primary N) is 1. The van der Waals surface area contributed by atoms with Crippen LogP contribution in [-0.4, -0.2) is 25.0 Å². The Morgan fingerprint density at radius 3 is 2.52 bits per heavy atom. The third-order valence-corrected chi connectivity index (χ3v) is 4.91. The van der Waals surface area contributed by atoms with Gasteiger partial charge in [0.05, 0.1) is 19.3 Å². The van der Waals surface area contributed by atoms with Crippen molar-refractivity contribution in [1.82, 2.24) is 0 Å². The molecule has 0 aromatic heterocycles. The van der Waals surface area contributed by atoms with Gasteiger partial charge in [-0.05, 0) is 44.2 Å². The minimum atomic E-state index is -0.233. The van der Waals surface area contributed by atoms with Crippen LogP contribution in [-0.2, 0) is 20.8 Å². The van der Waals surface area contributed by atoms with E-state index in [0.717, 1.165) is 24.8 Å². The van der Waals surface area contributed by atoms with Crippen molar-refractivity contribution < 1.29 is 14.2 Å². The number of hydrogen-bond acceptors (Lipinski definition) is 4. The lowest BCUT2D eigenvalue weighted by molar-refractivity contribution is -0.228. The minimum absolute atomic E-state index is 0.0682. The van der Waals surface area contributed by atoms with E-state index < -0.39 is 0 Å². The Kier molecular flexibility index (Phi) is 7.41. The van der Waals surface area contributed by atoms with Crippen molar-refractivity contribution in [3.8, 4) is 0 Å². The number of aryl methyl sites for hydroxylation is 1. The van der Waals surface area contributed by atoms with E-state index in [1.54, 1.807) is 0 Å². The molecule has 1 heterocycles. The highest BCUT2D eigenvalue weighted by Gasteiger charge is 2.27. The van der Waals surface area contributed by atoms with E-state index in [2.05, 4.69) is 43.3 Å². The second kappa shape index (κ2) is 10.00. The average molecular weight is 370 g/mol. The average Bonchev–Trinajstić information content (AvgIpc) is 2.68. The zero-order valence-corrected chi connectivity index (χ0v) is 16.3. The molecule has 1 aliphatic heterocycles. The quantitative estimate of drug-likeness (QED) is 0.744. The predicted molar refractivity (Wildman–Crippen MR) is 107 cm³/mol. The molecular weight excluding hydrogens is 338 g/mol. The third-order valence-electron chi connectivity index (χ3n) is 4.91. The van der Waals surface area contributed by atoms with Crippen LogP contribution in [0.25, 0.3) is 0 Å². The van der Waals surface area contributed by atoms with Crippen LogP contribution >= 0.6 is 0 Å². The molecule has 2 aromatic carbocycles. The molecule has 0 bridgehead atoms. The maximum atomic E-state index is 6.24. The van der Waals surface area contributed by atoms with Crippen LogP contribution in [0, 0.1) is 6.92 Å². The first-order valence-corrected chi connectivity index (χ1v) is 9.86. The smallest absolute Gasteiger partial charge is 0.158 e. The Balaban J connectivity index is 1.48. The van der Waals surface area contributed by atoms with Gasteiger partial charge in [-0.3, -0.25) is 0 Å². The molecule has 0 aliphatic carbocycles. The maximum absolute atomic E-state index is 6.24. The molecule has 4 nitrogen and oxygen atoms in total. The van der Waals surface area contributed by atoms with Crippen molar-refractivity contribution in [3.63, 3.8) is 0 Å². The standard InChI is InChI=1S/C23H31NO3/c1-17-11-13-19(14-12-17)15-25-16-21-9-6-10-22(26-21)27-23(18(2)24)20-7-4-3-5-8-20/h3-5,7-8,11-14,18,21-23H,6,9-10,15-16,24H2,1-2H3. The fraction of sp³-hybridized carbons (Fsp3) is 0.478. The van der Waals surface area contributed by atoms with Crippen molar-refractivity contribution in [2.45, 2.75) is 64.3 Å². The fourth-order valence-corrected chi connectivity index (χ4v) is 3.39. The fourth-order valence-electron chi connectivity index (χ4n) is 3.39. The van der Waals surface area contributed by atoms with Crippen LogP contribution < -0.4 is 5.73 Å². The van der Waals surface area contributed by atoms with Crippen LogP contribution in [0.2, 0.25) is 0 Å². The van der Waals surface area contributed by atoms with Crippen molar-refractivity contribution in [3.05, 3.63) is 71.3 Å². The Morgan fingerprint density at radius 1 is 1.07 bits per heavy atom. The van der Waals surface area contributed by atoms with Gasteiger partial charge in [-0.1, -0.05) is 60.2 Å². The van der Waals surface area contributed by atoms with Crippen LogP contribution in [0.5, 0.6) is 0 Å². The van der Waals surface area contributed by atoms with Crippen molar-refractivity contribution >= 4 is 0 Å². The number of rotatable bonds is 8. The van der Waals surface area contributed by atoms with E-state index in [9.17, 15) is 0 Å². The summed E-state index contributed by atoms with van der Waals surface area (Å²) in [4.78, 5) is 0. The summed E-state index contributed by atoms with van der Waals surface area (Å²) in [6.45, 7) is 5.26. The molecule has 0 saturated carbocycles. The van der Waals surface area contributed by atoms with Gasteiger partial charge in [-0.2, -0.15) is 0 Å². The summed E-state index contributed by atoms with van der Waals surface area (Å²) in [5.41, 5.74) is 9.71. The zero-order chi connectivity index (χ0) is 19.1. The molecule has 0 amide bonds. The topological polar surface area (TPSA) is 53.7 Å². The SMILES string of the molecule is Cc1ccc(COCC2CCCC(OC(c3ccccc3)C(C)N)O2)cc1. The van der Waals surface area contributed by atoms with Crippen LogP contribution in [0.4, 0.5) is 0 Å². The molecular formula is C23H31NO3. The summed E-state index contributed by atoms with van der Waals surface area (Å²) in [6.07, 6.45) is 2.64. The monoisotopic (exact) mass is 369 g/mol. The summed E-state index contributed by atoms with van der Waals surface area (Å²) < 4.78 is 18.3. The molecule has 4 atom stereocenters. The Hall–Kier alpha value is -1.72. The first kappa shape index (κ1) is 20.0. The van der Waals surface area contributed by atoms with Crippen LogP contribution in [0.3, 0.4) is 0 Å². The van der Waals surface area contributed by atoms with E-state index in [1.807, 2.05) is 25.1 Å². The van der Waals surface area contributed by atoms with Gasteiger partial charge in [0.2, 0.25) is 0 Å². The molecule has 1 aliphatic rings. The first-order valence-electron chi connectivity index (χ1n) is 9.86. The van der Waals surface area contributed by atoms with Gasteiger partial charge in [0.25, 0.3) is 0 Å². The molecule has 0 spiro atoms. The van der Waals surface area contributed by atoms with E-state index in [-0.39, 0.29) is 24.5 Å². The second-order valence-electron chi connectivity index (χ2n) is 7.45. The molecule has 1 saturated heterocycles. The summed E-state index contributed by atoms with van der Waals surface area (Å²) in [5, 5.41) is 0. The number of ether oxygens (including phenoxy) is 3. The van der Waals surface area contributed by atoms with Gasteiger partial charge in [0, 0.05) is 6.04 Å². The maximum Gasteiger partial charge on any atom is 0.158 e. The highest BCUT2D eigenvalue weighted by atomic mass is 16.7. The summed E-state index contributed by atoms with van der Waals surface area (Å²) >= 11 is 0. The molecule has 4 heteroatoms. The molecule has 2 aromatic rings. The van der Waals surface area contributed by atoms with E-state index >= 15 is 0 Å². The number of hydrogen-bond donors (Lipinski definition) is 1. The first-order chi connectivity index (χ1) is 13.1. The minimum Gasteiger partial charge on any atom is -0.374 e. The van der Waals surface area contributed by atoms with Gasteiger partial charge in [-0.15, -0.1) is 0 Å². The largest absolute Gasteiger partial charge is 0.374 e. The third kappa shape index (κ3) is 6.15. The summed E-state index contributed by atoms with van der Waals surface area (Å²) in [7, 11) is 0. The predicted octanol–water partition coefficient (Wildman–Crippen LogP) is 4.51. The second-order valence-corrected chi connectivity index (χ2v) is 7.45. The molecule has 3 rings (SSSR count). The van der Waals surface area contributed by atoms with E-state index in [0.29, 0.717) is 13.2 Å². The molecule has 2 N–H and O–H groups in total. The number of benzene rings is 2. The van der Waals surface area contributed by atoms with Crippen molar-refractivity contribution in [2.75, 3.05) is 6.61 Å². The van der Waals surface area contributed by atoms with Gasteiger partial charge < -0.3 is 19.9 Å². The highest BCUT2D eigenvalue weighted by molar-refractivity contribution is 5.20. The van der Waals surface area contributed by atoms with Crippen molar-refractivity contribution in [1.29, 1.82) is 0 Å². The Morgan fingerprint density at radius 2 is 1.81 bits per heavy atom. The normalized spacial score (nSPS) is 22.3. The van der Waals surface area contributed by atoms with Crippen LogP contribution in [0.1, 0.15) is 49.0 Å². The van der Waals surface area contributed by atoms with E-state index in [4.69, 9.17) is 19.9 Å².